The third-order valence-corrected chi connectivity index (χ3v) is 3.83. The molecule has 126 valence electrons. The lowest BCUT2D eigenvalue weighted by molar-refractivity contribution is -0.115. The first-order chi connectivity index (χ1) is 11.5. The lowest BCUT2D eigenvalue weighted by Crippen LogP contribution is -2.32. The zero-order chi connectivity index (χ0) is 17.5. The highest BCUT2D eigenvalue weighted by atomic mass is 32.1. The normalized spacial score (nSPS) is 12.1. The van der Waals surface area contributed by atoms with Crippen LogP contribution in [0.3, 0.4) is 0 Å². The van der Waals surface area contributed by atoms with Crippen molar-refractivity contribution in [1.29, 1.82) is 0 Å². The molecule has 1 aromatic carbocycles. The van der Waals surface area contributed by atoms with Crippen molar-refractivity contribution in [2.75, 3.05) is 5.32 Å². The Labute approximate surface area is 146 Å². The number of rotatable bonds is 5. The van der Waals surface area contributed by atoms with Crippen molar-refractivity contribution in [3.8, 4) is 5.75 Å². The average molecular weight is 344 g/mol. The second-order valence-corrected chi connectivity index (χ2v) is 5.79. The fourth-order valence-corrected chi connectivity index (χ4v) is 2.26. The maximum Gasteiger partial charge on any atom is 0.250 e. The van der Waals surface area contributed by atoms with Gasteiger partial charge in [-0.25, -0.2) is 0 Å². The lowest BCUT2D eigenvalue weighted by atomic mass is 9.98. The van der Waals surface area contributed by atoms with Crippen LogP contribution in [0.25, 0.3) is 6.08 Å². The van der Waals surface area contributed by atoms with Gasteiger partial charge in [0.2, 0.25) is 5.91 Å². The molecule has 1 heterocycles. The Hall–Kier alpha value is -2.60. The fourth-order valence-electron chi connectivity index (χ4n) is 2.05. The number of anilines is 1. The van der Waals surface area contributed by atoms with Gasteiger partial charge < -0.3 is 14.8 Å². The largest absolute Gasteiger partial charge is 0.506 e. The van der Waals surface area contributed by atoms with Crippen LogP contribution in [0.5, 0.6) is 5.75 Å². The van der Waals surface area contributed by atoms with E-state index in [4.69, 9.17) is 16.6 Å². The van der Waals surface area contributed by atoms with Gasteiger partial charge >= 0.3 is 0 Å². The molecule has 0 bridgehead atoms. The molecule has 2 rings (SSSR count). The number of phenolic OH excluding ortho intramolecular Hbond substituents is 1. The second-order valence-electron chi connectivity index (χ2n) is 5.38. The van der Waals surface area contributed by atoms with Crippen molar-refractivity contribution in [2.24, 2.45) is 0 Å². The van der Waals surface area contributed by atoms with Crippen LogP contribution >= 0.6 is 12.2 Å². The predicted octanol–water partition coefficient (Wildman–Crippen LogP) is 4.03. The van der Waals surface area contributed by atoms with E-state index in [1.807, 2.05) is 12.1 Å². The van der Waals surface area contributed by atoms with Crippen LogP contribution in [0.4, 0.5) is 5.69 Å². The molecule has 1 unspecified atom stereocenters. The van der Waals surface area contributed by atoms with Gasteiger partial charge in [-0.1, -0.05) is 19.9 Å². The van der Waals surface area contributed by atoms with E-state index in [2.05, 4.69) is 24.5 Å². The number of carbonyl (C=O) groups excluding carboxylic acids is 1. The molecular formula is C18H20N2O3S. The molecule has 24 heavy (non-hydrogen) atoms. The average Bonchev–Trinajstić information content (AvgIpc) is 3.07. The quantitative estimate of drug-likeness (QED) is 0.434. The fraction of sp³-hybridized carbons (Fsp3) is 0.222. The maximum absolute atomic E-state index is 11.8. The molecule has 6 heteroatoms. The standard InChI is InChI=1S/C18H20N2O3S/c1-3-12(2)13-6-8-16(21)15(11-13)19-18(24)20-17(22)9-7-14-5-4-10-23-14/h4-12,21H,3H2,1-2H3,(H2,19,20,22,24). The number of nitrogens with one attached hydrogen (secondary N) is 2. The molecule has 5 nitrogen and oxygen atoms in total. The number of phenols is 1. The van der Waals surface area contributed by atoms with Crippen molar-refractivity contribution < 1.29 is 14.3 Å². The zero-order valence-electron chi connectivity index (χ0n) is 13.6. The number of aromatic hydroxyl groups is 1. The Morgan fingerprint density at radius 3 is 2.88 bits per heavy atom. The van der Waals surface area contributed by atoms with E-state index in [9.17, 15) is 9.90 Å². The molecule has 2 aromatic rings. The molecule has 0 spiro atoms. The molecule has 0 aliphatic heterocycles. The summed E-state index contributed by atoms with van der Waals surface area (Å²) in [6.45, 7) is 4.20. The summed E-state index contributed by atoms with van der Waals surface area (Å²) < 4.78 is 5.10. The minimum absolute atomic E-state index is 0.0739. The van der Waals surface area contributed by atoms with Crippen molar-refractivity contribution in [3.63, 3.8) is 0 Å². The molecule has 0 saturated heterocycles. The Kier molecular flexibility index (Phi) is 6.14. The molecule has 3 N–H and O–H groups in total. The van der Waals surface area contributed by atoms with E-state index in [0.717, 1.165) is 12.0 Å². The number of furan rings is 1. The van der Waals surface area contributed by atoms with Crippen LogP contribution < -0.4 is 10.6 Å². The van der Waals surface area contributed by atoms with E-state index in [1.54, 1.807) is 24.3 Å². The van der Waals surface area contributed by atoms with E-state index in [0.29, 0.717) is 17.4 Å². The number of thiocarbonyl (C=S) groups is 1. The lowest BCUT2D eigenvalue weighted by Gasteiger charge is -2.14. The summed E-state index contributed by atoms with van der Waals surface area (Å²) in [6, 6.07) is 8.80. The highest BCUT2D eigenvalue weighted by Crippen LogP contribution is 2.28. The first-order valence-corrected chi connectivity index (χ1v) is 8.07. The number of carbonyl (C=O) groups is 1. The second kappa shape index (κ2) is 8.31. The first-order valence-electron chi connectivity index (χ1n) is 7.66. The number of hydrogen-bond acceptors (Lipinski definition) is 4. The molecule has 1 atom stereocenters. The summed E-state index contributed by atoms with van der Waals surface area (Å²) in [4.78, 5) is 11.8. The molecule has 0 aliphatic carbocycles. The highest BCUT2D eigenvalue weighted by molar-refractivity contribution is 7.80. The highest BCUT2D eigenvalue weighted by Gasteiger charge is 2.09. The summed E-state index contributed by atoms with van der Waals surface area (Å²) in [6.07, 6.45) is 5.38. The van der Waals surface area contributed by atoms with Gasteiger partial charge in [-0.05, 0) is 60.5 Å². The van der Waals surface area contributed by atoms with Gasteiger partial charge in [0.05, 0.1) is 12.0 Å². The zero-order valence-corrected chi connectivity index (χ0v) is 14.4. The molecule has 1 amide bonds. The van der Waals surface area contributed by atoms with Crippen molar-refractivity contribution >= 4 is 35.0 Å². The number of benzene rings is 1. The van der Waals surface area contributed by atoms with Crippen LogP contribution in [-0.2, 0) is 4.79 Å². The van der Waals surface area contributed by atoms with Gasteiger partial charge in [0.15, 0.2) is 5.11 Å². The maximum atomic E-state index is 11.8. The molecule has 0 fully saturated rings. The van der Waals surface area contributed by atoms with Gasteiger partial charge in [-0.2, -0.15) is 0 Å². The van der Waals surface area contributed by atoms with Gasteiger partial charge in [-0.3, -0.25) is 10.1 Å². The van der Waals surface area contributed by atoms with Crippen molar-refractivity contribution in [2.45, 2.75) is 26.2 Å². The van der Waals surface area contributed by atoms with Crippen LogP contribution in [0.15, 0.2) is 47.1 Å². The Morgan fingerprint density at radius 2 is 2.21 bits per heavy atom. The van der Waals surface area contributed by atoms with Gasteiger partial charge in [-0.15, -0.1) is 0 Å². The molecule has 0 saturated carbocycles. The minimum atomic E-state index is -0.388. The summed E-state index contributed by atoms with van der Waals surface area (Å²) in [5, 5.41) is 15.4. The SMILES string of the molecule is CCC(C)c1ccc(O)c(NC(=S)NC(=O)C=Cc2ccco2)c1. The third kappa shape index (κ3) is 4.96. The van der Waals surface area contributed by atoms with Gasteiger partial charge in [0.25, 0.3) is 0 Å². The van der Waals surface area contributed by atoms with Crippen LogP contribution in [-0.4, -0.2) is 16.1 Å². The Bertz CT molecular complexity index is 739. The first kappa shape index (κ1) is 17.7. The summed E-state index contributed by atoms with van der Waals surface area (Å²) in [5.41, 5.74) is 1.55. The van der Waals surface area contributed by atoms with E-state index in [-0.39, 0.29) is 16.8 Å². The van der Waals surface area contributed by atoms with Crippen molar-refractivity contribution in [1.82, 2.24) is 5.32 Å². The van der Waals surface area contributed by atoms with Crippen LogP contribution in [0, 0.1) is 0 Å². The number of amides is 1. The topological polar surface area (TPSA) is 74.5 Å². The monoisotopic (exact) mass is 344 g/mol. The molecule has 0 radical (unpaired) electrons. The van der Waals surface area contributed by atoms with E-state index >= 15 is 0 Å². The Morgan fingerprint density at radius 1 is 1.42 bits per heavy atom. The van der Waals surface area contributed by atoms with Crippen LogP contribution in [0.2, 0.25) is 0 Å². The third-order valence-electron chi connectivity index (χ3n) is 3.63. The Balaban J connectivity index is 1.97. The van der Waals surface area contributed by atoms with Crippen LogP contribution in [0.1, 0.15) is 37.5 Å². The van der Waals surface area contributed by atoms with E-state index < -0.39 is 0 Å². The van der Waals surface area contributed by atoms with E-state index in [1.165, 1.54) is 12.3 Å². The molecule has 0 aliphatic rings. The summed E-state index contributed by atoms with van der Waals surface area (Å²) in [5.74, 6) is 0.625. The van der Waals surface area contributed by atoms with Crippen molar-refractivity contribution in [3.05, 3.63) is 54.0 Å². The molecule has 1 aromatic heterocycles. The van der Waals surface area contributed by atoms with Gasteiger partial charge in [0, 0.05) is 6.08 Å². The summed E-state index contributed by atoms with van der Waals surface area (Å²) in [7, 11) is 0. The molecular weight excluding hydrogens is 324 g/mol. The number of hydrogen-bond donors (Lipinski definition) is 3. The van der Waals surface area contributed by atoms with Gasteiger partial charge in [0.1, 0.15) is 11.5 Å². The summed E-state index contributed by atoms with van der Waals surface area (Å²) >= 11 is 5.11. The smallest absolute Gasteiger partial charge is 0.250 e. The predicted molar refractivity (Wildman–Crippen MR) is 98.9 cm³/mol. The minimum Gasteiger partial charge on any atom is -0.506 e.